The second-order valence-electron chi connectivity index (χ2n) is 4.47. The van der Waals surface area contributed by atoms with Crippen LogP contribution in [-0.2, 0) is 0 Å². The van der Waals surface area contributed by atoms with Crippen LogP contribution < -0.4 is 5.32 Å². The second-order valence-corrected chi connectivity index (χ2v) is 6.22. The van der Waals surface area contributed by atoms with Gasteiger partial charge < -0.3 is 10.2 Å². The predicted octanol–water partition coefficient (Wildman–Crippen LogP) is 3.39. The van der Waals surface area contributed by atoms with Crippen molar-refractivity contribution in [2.75, 3.05) is 21.1 Å². The summed E-state index contributed by atoms with van der Waals surface area (Å²) in [4.78, 5) is 3.58. The Balaban J connectivity index is 3.05. The minimum absolute atomic E-state index is 0.100. The van der Waals surface area contributed by atoms with E-state index in [2.05, 4.69) is 44.2 Å². The summed E-state index contributed by atoms with van der Waals surface area (Å²) in [6.07, 6.45) is 1.08. The predicted molar refractivity (Wildman–Crippen MR) is 73.5 cm³/mol. The van der Waals surface area contributed by atoms with Gasteiger partial charge in [0.1, 0.15) is 0 Å². The minimum atomic E-state index is 0.100. The number of rotatable bonds is 5. The molecule has 0 aliphatic heterocycles. The van der Waals surface area contributed by atoms with Gasteiger partial charge >= 0.3 is 0 Å². The van der Waals surface area contributed by atoms with E-state index in [1.807, 2.05) is 13.1 Å². The summed E-state index contributed by atoms with van der Waals surface area (Å²) < 4.78 is 0.854. The number of hydrogen-bond acceptors (Lipinski definition) is 3. The highest BCUT2D eigenvalue weighted by Crippen LogP contribution is 2.37. The molecule has 0 aromatic carbocycles. The smallest absolute Gasteiger partial charge is 0.0931 e. The molecule has 2 atom stereocenters. The molecule has 2 unspecified atom stereocenters. The van der Waals surface area contributed by atoms with E-state index in [-0.39, 0.29) is 5.54 Å². The lowest BCUT2D eigenvalue weighted by Crippen LogP contribution is -2.50. The molecule has 0 saturated heterocycles. The van der Waals surface area contributed by atoms with Crippen LogP contribution in [0.4, 0.5) is 0 Å². The molecule has 16 heavy (non-hydrogen) atoms. The number of thiophene rings is 1. The van der Waals surface area contributed by atoms with Gasteiger partial charge in [0.2, 0.25) is 0 Å². The maximum atomic E-state index is 6.01. The fourth-order valence-corrected chi connectivity index (χ4v) is 3.34. The Morgan fingerprint density at radius 2 is 2.12 bits per heavy atom. The Morgan fingerprint density at radius 1 is 1.50 bits per heavy atom. The Bertz CT molecular complexity index is 338. The van der Waals surface area contributed by atoms with Crippen molar-refractivity contribution in [2.45, 2.75) is 31.8 Å². The van der Waals surface area contributed by atoms with Gasteiger partial charge in [-0.05, 0) is 46.6 Å². The topological polar surface area (TPSA) is 15.3 Å². The van der Waals surface area contributed by atoms with Crippen LogP contribution in [0.3, 0.4) is 0 Å². The lowest BCUT2D eigenvalue weighted by atomic mass is 9.87. The molecule has 0 bridgehead atoms. The molecule has 0 amide bonds. The van der Waals surface area contributed by atoms with Crippen LogP contribution in [0.1, 0.15) is 31.2 Å². The average molecular weight is 261 g/mol. The van der Waals surface area contributed by atoms with Crippen molar-refractivity contribution in [3.63, 3.8) is 0 Å². The van der Waals surface area contributed by atoms with E-state index in [1.54, 1.807) is 11.3 Å². The second kappa shape index (κ2) is 5.50. The number of likely N-dealkylation sites (N-methyl/N-ethyl adjacent to an activating group) is 2. The van der Waals surface area contributed by atoms with E-state index in [0.717, 1.165) is 10.8 Å². The van der Waals surface area contributed by atoms with E-state index in [4.69, 9.17) is 11.6 Å². The molecule has 92 valence electrons. The maximum Gasteiger partial charge on any atom is 0.0931 e. The van der Waals surface area contributed by atoms with E-state index < -0.39 is 0 Å². The summed E-state index contributed by atoms with van der Waals surface area (Å²) in [7, 11) is 6.27. The monoisotopic (exact) mass is 260 g/mol. The quantitative estimate of drug-likeness (QED) is 0.873. The summed E-state index contributed by atoms with van der Waals surface area (Å²) in [5.41, 5.74) is 0.100. The van der Waals surface area contributed by atoms with Crippen molar-refractivity contribution >= 4 is 22.9 Å². The first kappa shape index (κ1) is 14.0. The van der Waals surface area contributed by atoms with Gasteiger partial charge in [-0.3, -0.25) is 0 Å². The molecule has 4 heteroatoms. The fourth-order valence-electron chi connectivity index (χ4n) is 2.02. The fraction of sp³-hybridized carbons (Fsp3) is 0.667. The summed E-state index contributed by atoms with van der Waals surface area (Å²) in [6.45, 7) is 4.50. The van der Waals surface area contributed by atoms with Crippen molar-refractivity contribution in [1.29, 1.82) is 0 Å². The molecule has 1 heterocycles. The van der Waals surface area contributed by atoms with Crippen molar-refractivity contribution in [1.82, 2.24) is 10.2 Å². The van der Waals surface area contributed by atoms with Crippen molar-refractivity contribution in [3.8, 4) is 0 Å². The van der Waals surface area contributed by atoms with Crippen molar-refractivity contribution in [3.05, 3.63) is 21.3 Å². The molecule has 0 aliphatic carbocycles. The first-order valence-electron chi connectivity index (χ1n) is 5.55. The molecule has 0 aliphatic rings. The van der Waals surface area contributed by atoms with Gasteiger partial charge in [-0.1, -0.05) is 18.5 Å². The van der Waals surface area contributed by atoms with Gasteiger partial charge in [0.05, 0.1) is 10.4 Å². The molecule has 1 rings (SSSR count). The zero-order chi connectivity index (χ0) is 12.3. The third-order valence-electron chi connectivity index (χ3n) is 3.53. The highest BCUT2D eigenvalue weighted by Gasteiger charge is 2.35. The van der Waals surface area contributed by atoms with E-state index in [9.17, 15) is 0 Å². The van der Waals surface area contributed by atoms with Crippen LogP contribution in [0, 0.1) is 0 Å². The van der Waals surface area contributed by atoms with Gasteiger partial charge in [-0.2, -0.15) is 0 Å². The Hall–Kier alpha value is -0.0900. The standard InChI is InChI=1S/C12H21ClN2S/c1-6-12(2,15(4)5)11(14-3)9-7-8-10(13)16-9/h7-8,11,14H,6H2,1-5H3. The van der Waals surface area contributed by atoms with Crippen LogP contribution in [0.25, 0.3) is 0 Å². The third-order valence-corrected chi connectivity index (χ3v) is 4.82. The zero-order valence-corrected chi connectivity index (χ0v) is 12.2. The van der Waals surface area contributed by atoms with Crippen LogP contribution >= 0.6 is 22.9 Å². The summed E-state index contributed by atoms with van der Waals surface area (Å²) >= 11 is 7.67. The van der Waals surface area contributed by atoms with Crippen LogP contribution in [-0.4, -0.2) is 31.6 Å². The number of halogens is 1. The van der Waals surface area contributed by atoms with E-state index in [0.29, 0.717) is 6.04 Å². The number of nitrogens with one attached hydrogen (secondary N) is 1. The van der Waals surface area contributed by atoms with Gasteiger partial charge in [-0.15, -0.1) is 11.3 Å². The van der Waals surface area contributed by atoms with Crippen molar-refractivity contribution < 1.29 is 0 Å². The van der Waals surface area contributed by atoms with Gasteiger partial charge in [0, 0.05) is 10.4 Å². The van der Waals surface area contributed by atoms with Crippen LogP contribution in [0.2, 0.25) is 4.34 Å². The van der Waals surface area contributed by atoms with Crippen molar-refractivity contribution in [2.24, 2.45) is 0 Å². The maximum absolute atomic E-state index is 6.01. The molecule has 1 N–H and O–H groups in total. The van der Waals surface area contributed by atoms with Crippen LogP contribution in [0.5, 0.6) is 0 Å². The van der Waals surface area contributed by atoms with Gasteiger partial charge in [-0.25, -0.2) is 0 Å². The first-order valence-corrected chi connectivity index (χ1v) is 6.75. The third kappa shape index (κ3) is 2.59. The Kier molecular flexibility index (Phi) is 4.80. The largest absolute Gasteiger partial charge is 0.311 e. The normalized spacial score (nSPS) is 17.4. The Morgan fingerprint density at radius 3 is 2.44 bits per heavy atom. The lowest BCUT2D eigenvalue weighted by Gasteiger charge is -2.42. The summed E-state index contributed by atoms with van der Waals surface area (Å²) in [5, 5.41) is 3.41. The molecule has 0 spiro atoms. The SMILES string of the molecule is CCC(C)(C(NC)c1ccc(Cl)s1)N(C)C. The number of nitrogens with zero attached hydrogens (tertiary/aromatic N) is 1. The van der Waals surface area contributed by atoms with Gasteiger partial charge in [0.25, 0.3) is 0 Å². The Labute approximate surface area is 108 Å². The molecule has 0 radical (unpaired) electrons. The van der Waals surface area contributed by atoms with Gasteiger partial charge in [0.15, 0.2) is 0 Å². The molecular formula is C12H21ClN2S. The summed E-state index contributed by atoms with van der Waals surface area (Å²) in [5.74, 6) is 0. The van der Waals surface area contributed by atoms with E-state index in [1.165, 1.54) is 4.88 Å². The summed E-state index contributed by atoms with van der Waals surface area (Å²) in [6, 6.07) is 4.40. The average Bonchev–Trinajstić information content (AvgIpc) is 2.65. The molecular weight excluding hydrogens is 240 g/mol. The minimum Gasteiger partial charge on any atom is -0.311 e. The first-order chi connectivity index (χ1) is 7.45. The highest BCUT2D eigenvalue weighted by molar-refractivity contribution is 7.16. The number of hydrogen-bond donors (Lipinski definition) is 1. The molecule has 1 aromatic rings. The van der Waals surface area contributed by atoms with Crippen LogP contribution in [0.15, 0.2) is 12.1 Å². The molecule has 0 fully saturated rings. The highest BCUT2D eigenvalue weighted by atomic mass is 35.5. The van der Waals surface area contributed by atoms with E-state index >= 15 is 0 Å². The molecule has 2 nitrogen and oxygen atoms in total. The lowest BCUT2D eigenvalue weighted by molar-refractivity contribution is 0.118. The molecule has 1 aromatic heterocycles. The zero-order valence-electron chi connectivity index (χ0n) is 10.7. The molecule has 0 saturated carbocycles.